The number of nitrogens with one attached hydrogen (secondary N) is 2. The van der Waals surface area contributed by atoms with Gasteiger partial charge in [0.15, 0.2) is 5.96 Å². The largest absolute Gasteiger partial charge is 0.387 e. The summed E-state index contributed by atoms with van der Waals surface area (Å²) in [4.78, 5) is 4.58. The van der Waals surface area contributed by atoms with E-state index in [0.717, 1.165) is 13.1 Å². The molecule has 0 aliphatic rings. The first-order chi connectivity index (χ1) is 12.5. The quantitative estimate of drug-likeness (QED) is 0.472. The van der Waals surface area contributed by atoms with E-state index in [9.17, 15) is 5.11 Å². The maximum absolute atomic E-state index is 10.4. The summed E-state index contributed by atoms with van der Waals surface area (Å²) in [5, 5.41) is 21.9. The number of benzene rings is 1. The summed E-state index contributed by atoms with van der Waals surface area (Å²) < 4.78 is 1.90. The average molecular weight is 398 g/mol. The monoisotopic (exact) mass is 397 g/mol. The highest BCUT2D eigenvalue weighted by molar-refractivity contribution is 6.34. The standard InChI is InChI=1S/C18H25Cl2N5O/c1-3-21-18(22-10-13(2)12-25-6-4-5-24-25)23-11-17(26)14-7-15(19)9-16(20)8-14/h4-9,13,17,26H,3,10-12H2,1-2H3,(H2,21,22,23). The van der Waals surface area contributed by atoms with Crippen LogP contribution in [0.5, 0.6) is 0 Å². The molecule has 3 N–H and O–H groups in total. The van der Waals surface area contributed by atoms with Gasteiger partial charge in [-0.25, -0.2) is 0 Å². The Morgan fingerprint density at radius 1 is 1.27 bits per heavy atom. The van der Waals surface area contributed by atoms with E-state index in [4.69, 9.17) is 23.2 Å². The van der Waals surface area contributed by atoms with Crippen LogP contribution in [-0.2, 0) is 6.54 Å². The minimum absolute atomic E-state index is 0.302. The predicted octanol–water partition coefficient (Wildman–Crippen LogP) is 3.11. The molecule has 0 radical (unpaired) electrons. The lowest BCUT2D eigenvalue weighted by molar-refractivity contribution is 0.181. The van der Waals surface area contributed by atoms with Gasteiger partial charge in [0.1, 0.15) is 0 Å². The van der Waals surface area contributed by atoms with Crippen molar-refractivity contribution in [3.63, 3.8) is 0 Å². The topological polar surface area (TPSA) is 74.5 Å². The summed E-state index contributed by atoms with van der Waals surface area (Å²) in [6.07, 6.45) is 2.97. The Bertz CT molecular complexity index is 685. The minimum Gasteiger partial charge on any atom is -0.387 e. The van der Waals surface area contributed by atoms with Crippen LogP contribution in [0.1, 0.15) is 25.5 Å². The summed E-state index contributed by atoms with van der Waals surface area (Å²) >= 11 is 12.0. The van der Waals surface area contributed by atoms with Crippen molar-refractivity contribution < 1.29 is 5.11 Å². The lowest BCUT2D eigenvalue weighted by Crippen LogP contribution is -2.39. The molecular weight excluding hydrogens is 373 g/mol. The average Bonchev–Trinajstić information content (AvgIpc) is 3.09. The molecule has 2 rings (SSSR count). The van der Waals surface area contributed by atoms with E-state index in [0.29, 0.717) is 40.6 Å². The second-order valence-electron chi connectivity index (χ2n) is 6.15. The van der Waals surface area contributed by atoms with Crippen molar-refractivity contribution in [2.24, 2.45) is 10.9 Å². The normalized spacial score (nSPS) is 14.1. The van der Waals surface area contributed by atoms with Gasteiger partial charge < -0.3 is 15.7 Å². The molecule has 8 heteroatoms. The van der Waals surface area contributed by atoms with E-state index in [1.807, 2.05) is 23.9 Å². The third-order valence-corrected chi connectivity index (χ3v) is 4.13. The van der Waals surface area contributed by atoms with Crippen molar-refractivity contribution in [1.29, 1.82) is 0 Å². The SMILES string of the molecule is CCNC(=NCC(C)Cn1cccn1)NCC(O)c1cc(Cl)cc(Cl)c1. The van der Waals surface area contributed by atoms with Gasteiger partial charge in [0.2, 0.25) is 0 Å². The maximum Gasteiger partial charge on any atom is 0.191 e. The second kappa shape index (κ2) is 10.4. The van der Waals surface area contributed by atoms with Crippen LogP contribution in [0.25, 0.3) is 0 Å². The Morgan fingerprint density at radius 3 is 2.62 bits per heavy atom. The molecule has 6 nitrogen and oxygen atoms in total. The maximum atomic E-state index is 10.4. The van der Waals surface area contributed by atoms with E-state index in [2.05, 4.69) is 27.6 Å². The molecular formula is C18H25Cl2N5O. The van der Waals surface area contributed by atoms with Gasteiger partial charge >= 0.3 is 0 Å². The number of nitrogens with zero attached hydrogens (tertiary/aromatic N) is 3. The molecule has 1 heterocycles. The smallest absolute Gasteiger partial charge is 0.191 e. The lowest BCUT2D eigenvalue weighted by atomic mass is 10.1. The molecule has 2 unspecified atom stereocenters. The van der Waals surface area contributed by atoms with Crippen molar-refractivity contribution in [2.45, 2.75) is 26.5 Å². The molecule has 1 aromatic carbocycles. The zero-order valence-corrected chi connectivity index (χ0v) is 16.5. The van der Waals surface area contributed by atoms with Gasteiger partial charge in [0, 0.05) is 48.6 Å². The highest BCUT2D eigenvalue weighted by Gasteiger charge is 2.11. The van der Waals surface area contributed by atoms with Crippen molar-refractivity contribution in [3.05, 3.63) is 52.3 Å². The number of aliphatic imine (C=N–C) groups is 1. The number of guanidine groups is 1. The van der Waals surface area contributed by atoms with E-state index in [1.54, 1.807) is 24.4 Å². The van der Waals surface area contributed by atoms with E-state index < -0.39 is 6.10 Å². The number of rotatable bonds is 8. The fraction of sp³-hybridized carbons (Fsp3) is 0.444. The number of aromatic nitrogens is 2. The number of hydrogen-bond donors (Lipinski definition) is 3. The Balaban J connectivity index is 1.89. The second-order valence-corrected chi connectivity index (χ2v) is 7.03. The van der Waals surface area contributed by atoms with Gasteiger partial charge in [-0.3, -0.25) is 9.67 Å². The summed E-state index contributed by atoms with van der Waals surface area (Å²) in [5.74, 6) is 0.994. The number of aliphatic hydroxyl groups is 1. The van der Waals surface area contributed by atoms with E-state index >= 15 is 0 Å². The van der Waals surface area contributed by atoms with Gasteiger partial charge in [-0.2, -0.15) is 5.10 Å². The van der Waals surface area contributed by atoms with Crippen LogP contribution in [0.2, 0.25) is 10.0 Å². The Labute approximate surface area is 164 Å². The fourth-order valence-corrected chi connectivity index (χ4v) is 3.00. The molecule has 0 aliphatic carbocycles. The Morgan fingerprint density at radius 2 is 2.00 bits per heavy atom. The van der Waals surface area contributed by atoms with Crippen molar-refractivity contribution in [1.82, 2.24) is 20.4 Å². The molecule has 0 bridgehead atoms. The third-order valence-electron chi connectivity index (χ3n) is 3.70. The summed E-state index contributed by atoms with van der Waals surface area (Å²) in [5.41, 5.74) is 0.665. The first kappa shape index (κ1) is 20.6. The Kier molecular flexibility index (Phi) is 8.22. The number of halogens is 2. The van der Waals surface area contributed by atoms with Crippen molar-refractivity contribution >= 4 is 29.2 Å². The van der Waals surface area contributed by atoms with Gasteiger partial charge in [-0.05, 0) is 42.7 Å². The van der Waals surface area contributed by atoms with Crippen LogP contribution in [0.4, 0.5) is 0 Å². The van der Waals surface area contributed by atoms with Gasteiger partial charge in [0.05, 0.1) is 6.10 Å². The van der Waals surface area contributed by atoms with Crippen molar-refractivity contribution in [3.8, 4) is 0 Å². The third kappa shape index (κ3) is 6.86. The summed E-state index contributed by atoms with van der Waals surface area (Å²) in [7, 11) is 0. The molecule has 2 atom stereocenters. The van der Waals surface area contributed by atoms with Gasteiger partial charge in [0.25, 0.3) is 0 Å². The van der Waals surface area contributed by atoms with Gasteiger partial charge in [-0.15, -0.1) is 0 Å². The lowest BCUT2D eigenvalue weighted by Gasteiger charge is -2.17. The molecule has 26 heavy (non-hydrogen) atoms. The zero-order chi connectivity index (χ0) is 18.9. The minimum atomic E-state index is -0.739. The molecule has 0 amide bonds. The fourth-order valence-electron chi connectivity index (χ4n) is 2.45. The Hall–Kier alpha value is -1.76. The molecule has 0 aliphatic heterocycles. The van der Waals surface area contributed by atoms with E-state index in [-0.39, 0.29) is 0 Å². The van der Waals surface area contributed by atoms with E-state index in [1.165, 1.54) is 0 Å². The molecule has 0 saturated carbocycles. The first-order valence-electron chi connectivity index (χ1n) is 8.61. The summed E-state index contributed by atoms with van der Waals surface area (Å²) in [6, 6.07) is 6.95. The van der Waals surface area contributed by atoms with Crippen LogP contribution in [0.15, 0.2) is 41.7 Å². The molecule has 142 valence electrons. The highest BCUT2D eigenvalue weighted by Crippen LogP contribution is 2.23. The number of aliphatic hydroxyl groups excluding tert-OH is 1. The zero-order valence-electron chi connectivity index (χ0n) is 15.0. The van der Waals surface area contributed by atoms with Gasteiger partial charge in [-0.1, -0.05) is 30.1 Å². The van der Waals surface area contributed by atoms with Crippen LogP contribution in [-0.4, -0.2) is 40.5 Å². The molecule has 0 fully saturated rings. The molecule has 2 aromatic rings. The highest BCUT2D eigenvalue weighted by atomic mass is 35.5. The first-order valence-corrected chi connectivity index (χ1v) is 9.37. The van der Waals surface area contributed by atoms with Crippen LogP contribution in [0, 0.1) is 5.92 Å². The molecule has 1 aromatic heterocycles. The number of hydrogen-bond acceptors (Lipinski definition) is 3. The van der Waals surface area contributed by atoms with Crippen LogP contribution >= 0.6 is 23.2 Å². The molecule has 0 saturated heterocycles. The van der Waals surface area contributed by atoms with Crippen LogP contribution < -0.4 is 10.6 Å². The van der Waals surface area contributed by atoms with Crippen molar-refractivity contribution in [2.75, 3.05) is 19.6 Å². The predicted molar refractivity (Wildman–Crippen MR) is 107 cm³/mol. The molecule has 0 spiro atoms. The summed E-state index contributed by atoms with van der Waals surface area (Å²) in [6.45, 7) is 6.61. The van der Waals surface area contributed by atoms with Crippen LogP contribution in [0.3, 0.4) is 0 Å².